The molecule has 25 heavy (non-hydrogen) atoms. The molecule has 0 atom stereocenters. The van der Waals surface area contributed by atoms with Crippen molar-refractivity contribution >= 4 is 5.97 Å². The number of esters is 1. The van der Waals surface area contributed by atoms with Gasteiger partial charge in [-0.15, -0.1) is 0 Å². The third-order valence-corrected chi connectivity index (χ3v) is 5.28. The lowest BCUT2D eigenvalue weighted by Crippen LogP contribution is -2.42. The number of carbonyl (C=O) groups excluding carboxylic acids is 1. The SMILES string of the molecule is CCCOC(=O)c1c(C(C)(C)C)c(O)c(O)c2c1C(C)(C)C(C)(C)O2. The first-order valence-corrected chi connectivity index (χ1v) is 8.76. The highest BCUT2D eigenvalue weighted by molar-refractivity contribution is 5.97. The highest BCUT2D eigenvalue weighted by atomic mass is 16.5. The molecule has 1 aliphatic rings. The van der Waals surface area contributed by atoms with Crippen LogP contribution in [0, 0.1) is 0 Å². The summed E-state index contributed by atoms with van der Waals surface area (Å²) in [5, 5.41) is 21.2. The van der Waals surface area contributed by atoms with Gasteiger partial charge < -0.3 is 19.7 Å². The van der Waals surface area contributed by atoms with E-state index in [2.05, 4.69) is 0 Å². The smallest absolute Gasteiger partial charge is 0.339 e. The van der Waals surface area contributed by atoms with Gasteiger partial charge in [-0.3, -0.25) is 0 Å². The molecule has 0 amide bonds. The zero-order chi connectivity index (χ0) is 19.4. The molecule has 0 aromatic heterocycles. The maximum Gasteiger partial charge on any atom is 0.339 e. The third-order valence-electron chi connectivity index (χ3n) is 5.28. The van der Waals surface area contributed by atoms with Gasteiger partial charge in [0.15, 0.2) is 11.5 Å². The Bertz CT molecular complexity index is 708. The molecule has 2 N–H and O–H groups in total. The van der Waals surface area contributed by atoms with E-state index in [0.717, 1.165) is 0 Å². The fraction of sp³-hybridized carbons (Fsp3) is 0.650. The van der Waals surface area contributed by atoms with Crippen LogP contribution < -0.4 is 4.74 Å². The van der Waals surface area contributed by atoms with E-state index in [1.54, 1.807) is 0 Å². The molecule has 0 aliphatic carbocycles. The number of aromatic hydroxyl groups is 2. The molecule has 1 aromatic rings. The van der Waals surface area contributed by atoms with Crippen molar-refractivity contribution < 1.29 is 24.5 Å². The van der Waals surface area contributed by atoms with E-state index in [4.69, 9.17) is 9.47 Å². The van der Waals surface area contributed by atoms with E-state index in [1.165, 1.54) is 0 Å². The summed E-state index contributed by atoms with van der Waals surface area (Å²) in [5.74, 6) is -0.953. The molecule has 0 radical (unpaired) electrons. The molecule has 1 heterocycles. The van der Waals surface area contributed by atoms with Gasteiger partial charge in [-0.2, -0.15) is 0 Å². The summed E-state index contributed by atoms with van der Waals surface area (Å²) in [5.41, 5.74) is -0.497. The fourth-order valence-electron chi connectivity index (χ4n) is 3.28. The lowest BCUT2D eigenvalue weighted by Gasteiger charge is -2.34. The number of benzene rings is 1. The van der Waals surface area contributed by atoms with Gasteiger partial charge in [0.05, 0.1) is 12.2 Å². The van der Waals surface area contributed by atoms with Crippen molar-refractivity contribution in [2.75, 3.05) is 6.61 Å². The molecule has 1 aromatic carbocycles. The number of phenols is 2. The van der Waals surface area contributed by atoms with Crippen molar-refractivity contribution in [3.05, 3.63) is 16.7 Å². The normalized spacial score (nSPS) is 17.8. The monoisotopic (exact) mass is 350 g/mol. The second-order valence-electron chi connectivity index (χ2n) is 8.77. The van der Waals surface area contributed by atoms with Crippen LogP contribution in [0.15, 0.2) is 0 Å². The van der Waals surface area contributed by atoms with Crippen molar-refractivity contribution in [2.45, 2.75) is 78.2 Å². The van der Waals surface area contributed by atoms with Crippen LogP contribution in [0.4, 0.5) is 0 Å². The van der Waals surface area contributed by atoms with E-state index in [1.807, 2.05) is 55.4 Å². The lowest BCUT2D eigenvalue weighted by atomic mass is 9.69. The summed E-state index contributed by atoms with van der Waals surface area (Å²) < 4.78 is 11.4. The zero-order valence-electron chi connectivity index (χ0n) is 16.5. The van der Waals surface area contributed by atoms with Gasteiger partial charge in [0.1, 0.15) is 5.60 Å². The highest BCUT2D eigenvalue weighted by Gasteiger charge is 2.53. The lowest BCUT2D eigenvalue weighted by molar-refractivity contribution is 0.0494. The third kappa shape index (κ3) is 2.83. The van der Waals surface area contributed by atoms with E-state index in [-0.39, 0.29) is 17.2 Å². The van der Waals surface area contributed by atoms with Crippen LogP contribution in [0.3, 0.4) is 0 Å². The molecule has 140 valence electrons. The molecule has 0 bridgehead atoms. The summed E-state index contributed by atoms with van der Waals surface area (Å²) >= 11 is 0. The molecule has 5 nitrogen and oxygen atoms in total. The van der Waals surface area contributed by atoms with Crippen molar-refractivity contribution in [1.29, 1.82) is 0 Å². The first-order chi connectivity index (χ1) is 11.3. The van der Waals surface area contributed by atoms with Gasteiger partial charge in [-0.05, 0) is 25.7 Å². The molecule has 0 spiro atoms. The zero-order valence-corrected chi connectivity index (χ0v) is 16.5. The molecular weight excluding hydrogens is 320 g/mol. The number of hydrogen-bond acceptors (Lipinski definition) is 5. The minimum absolute atomic E-state index is 0.170. The number of phenolic OH excluding ortho intramolecular Hbond substituents is 2. The first kappa shape index (κ1) is 19.4. The van der Waals surface area contributed by atoms with E-state index in [0.29, 0.717) is 29.7 Å². The van der Waals surface area contributed by atoms with Crippen molar-refractivity contribution in [3.8, 4) is 17.2 Å². The van der Waals surface area contributed by atoms with Crippen molar-refractivity contribution in [2.24, 2.45) is 0 Å². The molecule has 5 heteroatoms. The Morgan fingerprint density at radius 2 is 1.68 bits per heavy atom. The van der Waals surface area contributed by atoms with Crippen LogP contribution in [-0.4, -0.2) is 28.4 Å². The molecule has 2 rings (SSSR count). The van der Waals surface area contributed by atoms with Gasteiger partial charge >= 0.3 is 5.97 Å². The summed E-state index contributed by atoms with van der Waals surface area (Å²) in [6.07, 6.45) is 0.703. The Kier molecular flexibility index (Phi) is 4.52. The molecule has 0 fully saturated rings. The summed E-state index contributed by atoms with van der Waals surface area (Å²) in [4.78, 5) is 12.9. The minimum atomic E-state index is -0.657. The Hall–Kier alpha value is -1.91. The maximum atomic E-state index is 12.9. The van der Waals surface area contributed by atoms with E-state index >= 15 is 0 Å². The second kappa shape index (κ2) is 5.82. The first-order valence-electron chi connectivity index (χ1n) is 8.76. The number of carbonyl (C=O) groups is 1. The predicted octanol–water partition coefficient (Wildman–Crippen LogP) is 4.41. The topological polar surface area (TPSA) is 76.0 Å². The number of hydrogen-bond donors (Lipinski definition) is 2. The Morgan fingerprint density at radius 1 is 1.12 bits per heavy atom. The molecule has 0 saturated heterocycles. The van der Waals surface area contributed by atoms with E-state index in [9.17, 15) is 15.0 Å². The number of fused-ring (bicyclic) bond motifs is 1. The number of rotatable bonds is 3. The van der Waals surface area contributed by atoms with Gasteiger partial charge in [-0.25, -0.2) is 4.79 Å². The van der Waals surface area contributed by atoms with Crippen LogP contribution in [0.5, 0.6) is 17.2 Å². The fourth-order valence-corrected chi connectivity index (χ4v) is 3.28. The van der Waals surface area contributed by atoms with Gasteiger partial charge in [0.2, 0.25) is 5.75 Å². The van der Waals surface area contributed by atoms with Crippen LogP contribution >= 0.6 is 0 Å². The molecular formula is C20H30O5. The van der Waals surface area contributed by atoms with Crippen molar-refractivity contribution in [3.63, 3.8) is 0 Å². The largest absolute Gasteiger partial charge is 0.504 e. The van der Waals surface area contributed by atoms with Crippen LogP contribution in [-0.2, 0) is 15.6 Å². The Morgan fingerprint density at radius 3 is 2.16 bits per heavy atom. The standard InChI is InChI=1S/C20H30O5/c1-9-10-24-17(23)11-12(18(2,3)4)14(21)15(22)16-13(11)19(5,6)20(7,8)25-16/h21-22H,9-10H2,1-8H3. The summed E-state index contributed by atoms with van der Waals surface area (Å²) in [7, 11) is 0. The van der Waals surface area contributed by atoms with Gasteiger partial charge in [0, 0.05) is 16.5 Å². The predicted molar refractivity (Wildman–Crippen MR) is 96.8 cm³/mol. The Labute approximate surface area is 150 Å². The molecule has 1 aliphatic heterocycles. The summed E-state index contributed by atoms with van der Waals surface area (Å²) in [6, 6.07) is 0. The molecule has 0 saturated carbocycles. The van der Waals surface area contributed by atoms with Gasteiger partial charge in [0.25, 0.3) is 0 Å². The average molecular weight is 350 g/mol. The summed E-state index contributed by atoms with van der Waals surface area (Å²) in [6.45, 7) is 15.6. The van der Waals surface area contributed by atoms with Crippen LogP contribution in [0.2, 0.25) is 0 Å². The highest BCUT2D eigenvalue weighted by Crippen LogP contribution is 2.59. The average Bonchev–Trinajstić information content (AvgIpc) is 2.65. The maximum absolute atomic E-state index is 12.9. The minimum Gasteiger partial charge on any atom is -0.504 e. The van der Waals surface area contributed by atoms with Crippen LogP contribution in [0.25, 0.3) is 0 Å². The van der Waals surface area contributed by atoms with Crippen molar-refractivity contribution in [1.82, 2.24) is 0 Å². The Balaban J connectivity index is 2.91. The van der Waals surface area contributed by atoms with E-state index < -0.39 is 22.4 Å². The molecule has 0 unspecified atom stereocenters. The second-order valence-corrected chi connectivity index (χ2v) is 8.77. The number of ether oxygens (including phenoxy) is 2. The van der Waals surface area contributed by atoms with Crippen LogP contribution in [0.1, 0.15) is 83.3 Å². The van der Waals surface area contributed by atoms with Gasteiger partial charge in [-0.1, -0.05) is 41.5 Å². The quantitative estimate of drug-likeness (QED) is 0.624.